The van der Waals surface area contributed by atoms with Crippen molar-refractivity contribution in [1.29, 1.82) is 0 Å². The van der Waals surface area contributed by atoms with E-state index in [9.17, 15) is 0 Å². The van der Waals surface area contributed by atoms with E-state index in [2.05, 4.69) is 40.7 Å². The summed E-state index contributed by atoms with van der Waals surface area (Å²) >= 11 is 0. The van der Waals surface area contributed by atoms with Gasteiger partial charge in [-0.05, 0) is 25.3 Å². The molecule has 96 valence electrons. The number of benzene rings is 1. The van der Waals surface area contributed by atoms with Crippen LogP contribution in [0.15, 0.2) is 36.7 Å². The van der Waals surface area contributed by atoms with E-state index in [1.165, 1.54) is 11.1 Å². The van der Waals surface area contributed by atoms with Crippen LogP contribution in [-0.2, 0) is 19.9 Å². The second kappa shape index (κ2) is 5.83. The van der Waals surface area contributed by atoms with E-state index < -0.39 is 0 Å². The summed E-state index contributed by atoms with van der Waals surface area (Å²) in [4.78, 5) is 4.32. The van der Waals surface area contributed by atoms with Crippen LogP contribution in [0.2, 0.25) is 0 Å². The van der Waals surface area contributed by atoms with E-state index in [0.717, 1.165) is 25.1 Å². The molecule has 0 aliphatic rings. The minimum absolute atomic E-state index is 0.198. The van der Waals surface area contributed by atoms with Crippen LogP contribution in [0.5, 0.6) is 0 Å². The van der Waals surface area contributed by atoms with Gasteiger partial charge in [-0.2, -0.15) is 0 Å². The van der Waals surface area contributed by atoms with E-state index >= 15 is 0 Å². The molecule has 2 aromatic rings. The zero-order chi connectivity index (χ0) is 13.0. The number of nitrogens with two attached hydrogens (primary N) is 1. The van der Waals surface area contributed by atoms with Gasteiger partial charge in [0.2, 0.25) is 0 Å². The Balaban J connectivity index is 1.86. The SMILES string of the molecule is Cc1cccc(CC(N)CCc2nccn2C)c1. The van der Waals surface area contributed by atoms with E-state index in [4.69, 9.17) is 5.73 Å². The average molecular weight is 243 g/mol. The van der Waals surface area contributed by atoms with Crippen molar-refractivity contribution in [2.75, 3.05) is 0 Å². The Kier molecular flexibility index (Phi) is 4.15. The van der Waals surface area contributed by atoms with Gasteiger partial charge in [-0.1, -0.05) is 29.8 Å². The van der Waals surface area contributed by atoms with Crippen LogP contribution < -0.4 is 5.73 Å². The van der Waals surface area contributed by atoms with Crippen LogP contribution in [0.3, 0.4) is 0 Å². The number of hydrogen-bond donors (Lipinski definition) is 1. The molecule has 0 aliphatic carbocycles. The van der Waals surface area contributed by atoms with Crippen molar-refractivity contribution in [1.82, 2.24) is 9.55 Å². The topological polar surface area (TPSA) is 43.8 Å². The molecule has 1 heterocycles. The molecule has 0 bridgehead atoms. The monoisotopic (exact) mass is 243 g/mol. The zero-order valence-electron chi connectivity index (χ0n) is 11.1. The molecule has 3 heteroatoms. The van der Waals surface area contributed by atoms with E-state index in [1.54, 1.807) is 0 Å². The Bertz CT molecular complexity index is 502. The van der Waals surface area contributed by atoms with Crippen molar-refractivity contribution in [2.45, 2.75) is 32.2 Å². The Morgan fingerprint density at radius 2 is 2.22 bits per heavy atom. The Hall–Kier alpha value is -1.61. The lowest BCUT2D eigenvalue weighted by Crippen LogP contribution is -2.24. The van der Waals surface area contributed by atoms with E-state index in [0.29, 0.717) is 0 Å². The van der Waals surface area contributed by atoms with Crippen molar-refractivity contribution in [2.24, 2.45) is 12.8 Å². The molecule has 1 unspecified atom stereocenters. The highest BCUT2D eigenvalue weighted by Crippen LogP contribution is 2.09. The minimum Gasteiger partial charge on any atom is -0.338 e. The quantitative estimate of drug-likeness (QED) is 0.875. The molecule has 1 aromatic heterocycles. The average Bonchev–Trinajstić information content (AvgIpc) is 2.72. The number of nitrogens with zero attached hydrogens (tertiary/aromatic N) is 2. The fourth-order valence-corrected chi connectivity index (χ4v) is 2.20. The van der Waals surface area contributed by atoms with Crippen molar-refractivity contribution in [3.05, 3.63) is 53.6 Å². The third kappa shape index (κ3) is 3.44. The van der Waals surface area contributed by atoms with Gasteiger partial charge in [0.1, 0.15) is 5.82 Å². The van der Waals surface area contributed by atoms with Gasteiger partial charge in [0.25, 0.3) is 0 Å². The molecular weight excluding hydrogens is 222 g/mol. The highest BCUT2D eigenvalue weighted by molar-refractivity contribution is 5.22. The highest BCUT2D eigenvalue weighted by Gasteiger charge is 2.07. The van der Waals surface area contributed by atoms with Crippen LogP contribution in [0.25, 0.3) is 0 Å². The van der Waals surface area contributed by atoms with E-state index in [-0.39, 0.29) is 6.04 Å². The van der Waals surface area contributed by atoms with E-state index in [1.807, 2.05) is 19.4 Å². The van der Waals surface area contributed by atoms with Crippen LogP contribution in [0.4, 0.5) is 0 Å². The van der Waals surface area contributed by atoms with Crippen molar-refractivity contribution < 1.29 is 0 Å². The predicted molar refractivity (Wildman–Crippen MR) is 74.4 cm³/mol. The lowest BCUT2D eigenvalue weighted by atomic mass is 10.0. The Morgan fingerprint density at radius 3 is 2.89 bits per heavy atom. The third-order valence-electron chi connectivity index (χ3n) is 3.24. The number of hydrogen-bond acceptors (Lipinski definition) is 2. The lowest BCUT2D eigenvalue weighted by Gasteiger charge is -2.12. The second-order valence-corrected chi connectivity index (χ2v) is 4.95. The molecule has 0 aliphatic heterocycles. The number of imidazole rings is 1. The Labute approximate surface area is 109 Å². The lowest BCUT2D eigenvalue weighted by molar-refractivity contribution is 0.589. The molecule has 2 rings (SSSR count). The molecule has 1 atom stereocenters. The first-order chi connectivity index (χ1) is 8.65. The molecule has 2 N–H and O–H groups in total. The summed E-state index contributed by atoms with van der Waals surface area (Å²) in [6.45, 7) is 2.11. The van der Waals surface area contributed by atoms with Crippen molar-refractivity contribution >= 4 is 0 Å². The summed E-state index contributed by atoms with van der Waals surface area (Å²) in [6, 6.07) is 8.76. The standard InChI is InChI=1S/C15H21N3/c1-12-4-3-5-13(10-12)11-14(16)6-7-15-17-8-9-18(15)2/h3-5,8-10,14H,6-7,11,16H2,1-2H3. The van der Waals surface area contributed by atoms with Gasteiger partial charge in [-0.15, -0.1) is 0 Å². The number of aromatic nitrogens is 2. The van der Waals surface area contributed by atoms with Crippen LogP contribution in [0, 0.1) is 6.92 Å². The molecule has 0 saturated heterocycles. The maximum Gasteiger partial charge on any atom is 0.108 e. The minimum atomic E-state index is 0.198. The molecule has 0 saturated carbocycles. The Morgan fingerprint density at radius 1 is 1.39 bits per heavy atom. The van der Waals surface area contributed by atoms with Gasteiger partial charge in [-0.25, -0.2) is 4.98 Å². The van der Waals surface area contributed by atoms with Gasteiger partial charge in [-0.3, -0.25) is 0 Å². The van der Waals surface area contributed by atoms with Crippen LogP contribution in [0.1, 0.15) is 23.4 Å². The summed E-state index contributed by atoms with van der Waals surface area (Å²) in [5.41, 5.74) is 8.80. The fourth-order valence-electron chi connectivity index (χ4n) is 2.20. The maximum absolute atomic E-state index is 6.19. The number of aryl methyl sites for hydroxylation is 3. The van der Waals surface area contributed by atoms with Gasteiger partial charge in [0.15, 0.2) is 0 Å². The first-order valence-corrected chi connectivity index (χ1v) is 6.42. The first-order valence-electron chi connectivity index (χ1n) is 6.42. The van der Waals surface area contributed by atoms with Crippen molar-refractivity contribution in [3.63, 3.8) is 0 Å². The molecule has 18 heavy (non-hydrogen) atoms. The molecule has 0 fully saturated rings. The molecule has 1 aromatic carbocycles. The van der Waals surface area contributed by atoms with Gasteiger partial charge >= 0.3 is 0 Å². The molecule has 3 nitrogen and oxygen atoms in total. The first kappa shape index (κ1) is 12.8. The van der Waals surface area contributed by atoms with Crippen molar-refractivity contribution in [3.8, 4) is 0 Å². The highest BCUT2D eigenvalue weighted by atomic mass is 15.0. The molecule has 0 amide bonds. The van der Waals surface area contributed by atoms with Gasteiger partial charge < -0.3 is 10.3 Å². The predicted octanol–water partition coefficient (Wildman–Crippen LogP) is 2.23. The maximum atomic E-state index is 6.19. The molecule has 0 spiro atoms. The third-order valence-corrected chi connectivity index (χ3v) is 3.24. The number of rotatable bonds is 5. The normalized spacial score (nSPS) is 12.6. The summed E-state index contributed by atoms with van der Waals surface area (Å²) in [5, 5.41) is 0. The molecule has 0 radical (unpaired) electrons. The summed E-state index contributed by atoms with van der Waals surface area (Å²) in [5.74, 6) is 1.11. The zero-order valence-corrected chi connectivity index (χ0v) is 11.1. The largest absolute Gasteiger partial charge is 0.338 e. The summed E-state index contributed by atoms with van der Waals surface area (Å²) < 4.78 is 2.05. The summed E-state index contributed by atoms with van der Waals surface area (Å²) in [6.07, 6.45) is 6.66. The smallest absolute Gasteiger partial charge is 0.108 e. The van der Waals surface area contributed by atoms with Crippen LogP contribution >= 0.6 is 0 Å². The fraction of sp³-hybridized carbons (Fsp3) is 0.400. The van der Waals surface area contributed by atoms with Crippen LogP contribution in [-0.4, -0.2) is 15.6 Å². The van der Waals surface area contributed by atoms with Gasteiger partial charge in [0.05, 0.1) is 0 Å². The van der Waals surface area contributed by atoms with Gasteiger partial charge in [0, 0.05) is 31.9 Å². The second-order valence-electron chi connectivity index (χ2n) is 4.95. The molecular formula is C15H21N3. The summed E-state index contributed by atoms with van der Waals surface area (Å²) in [7, 11) is 2.02.